The maximum absolute atomic E-state index is 12.3. The topological polar surface area (TPSA) is 63.7 Å². The molecule has 2 aromatic rings. The third kappa shape index (κ3) is 4.21. The molecule has 0 fully saturated rings. The summed E-state index contributed by atoms with van der Waals surface area (Å²) in [4.78, 5) is 18.8. The van der Waals surface area contributed by atoms with Crippen LogP contribution in [0.4, 0.5) is 5.82 Å². The second-order valence-corrected chi connectivity index (χ2v) is 6.05. The molecule has 3 rings (SSSR count). The average molecular weight is 341 g/mol. The molecule has 0 saturated heterocycles. The Kier molecular flexibility index (Phi) is 5.38. The van der Waals surface area contributed by atoms with E-state index in [9.17, 15) is 4.79 Å². The second-order valence-electron chi connectivity index (χ2n) is 6.05. The molecule has 0 spiro atoms. The van der Waals surface area contributed by atoms with E-state index in [2.05, 4.69) is 22.1 Å². The van der Waals surface area contributed by atoms with Crippen LogP contribution in [-0.4, -0.2) is 31.3 Å². The lowest BCUT2D eigenvalue weighted by Crippen LogP contribution is -2.24. The number of benzene rings is 1. The Hall–Kier alpha value is -2.76. The smallest absolute Gasteiger partial charge is 0.253 e. The molecule has 0 radical (unpaired) electrons. The first-order chi connectivity index (χ1) is 12.2. The zero-order valence-corrected chi connectivity index (χ0v) is 14.6. The van der Waals surface area contributed by atoms with Crippen LogP contribution in [0.5, 0.6) is 11.5 Å². The molecule has 0 aliphatic carbocycles. The Morgan fingerprint density at radius 2 is 2.08 bits per heavy atom. The molecule has 1 aromatic carbocycles. The molecule has 2 heterocycles. The molecule has 1 aliphatic heterocycles. The van der Waals surface area contributed by atoms with E-state index in [1.807, 2.05) is 31.3 Å². The molecule has 1 aromatic heterocycles. The molecular formula is C19H23N3O3. The highest BCUT2D eigenvalue weighted by Crippen LogP contribution is 2.32. The van der Waals surface area contributed by atoms with Crippen molar-refractivity contribution in [3.63, 3.8) is 0 Å². The predicted octanol–water partition coefficient (Wildman–Crippen LogP) is 2.98. The molecule has 0 atom stereocenters. The molecule has 1 aliphatic rings. The van der Waals surface area contributed by atoms with Gasteiger partial charge >= 0.3 is 0 Å². The number of aromatic nitrogens is 1. The number of nitrogens with one attached hydrogen (secondary N) is 1. The van der Waals surface area contributed by atoms with Gasteiger partial charge in [-0.15, -0.1) is 0 Å². The average Bonchev–Trinajstić information content (AvgIpc) is 3.12. The first-order valence-corrected chi connectivity index (χ1v) is 8.51. The van der Waals surface area contributed by atoms with Gasteiger partial charge in [0.1, 0.15) is 5.82 Å². The van der Waals surface area contributed by atoms with E-state index in [4.69, 9.17) is 9.47 Å². The lowest BCUT2D eigenvalue weighted by Gasteiger charge is -2.17. The van der Waals surface area contributed by atoms with Crippen LogP contribution in [0.15, 0.2) is 36.5 Å². The molecule has 0 bridgehead atoms. The van der Waals surface area contributed by atoms with Crippen molar-refractivity contribution in [1.29, 1.82) is 0 Å². The van der Waals surface area contributed by atoms with E-state index in [-0.39, 0.29) is 12.7 Å². The lowest BCUT2D eigenvalue weighted by atomic mass is 10.2. The van der Waals surface area contributed by atoms with E-state index >= 15 is 0 Å². The Morgan fingerprint density at radius 3 is 2.84 bits per heavy atom. The van der Waals surface area contributed by atoms with Crippen LogP contribution in [0.25, 0.3) is 0 Å². The van der Waals surface area contributed by atoms with Crippen LogP contribution in [0.3, 0.4) is 0 Å². The van der Waals surface area contributed by atoms with Crippen molar-refractivity contribution >= 4 is 11.7 Å². The summed E-state index contributed by atoms with van der Waals surface area (Å²) in [7, 11) is 2.01. The molecular weight excluding hydrogens is 318 g/mol. The summed E-state index contributed by atoms with van der Waals surface area (Å²) >= 11 is 0. The predicted molar refractivity (Wildman–Crippen MR) is 96.2 cm³/mol. The van der Waals surface area contributed by atoms with Gasteiger partial charge in [0.05, 0.1) is 5.56 Å². The van der Waals surface area contributed by atoms with Gasteiger partial charge in [0.2, 0.25) is 6.79 Å². The van der Waals surface area contributed by atoms with Gasteiger partial charge in [0.25, 0.3) is 5.91 Å². The van der Waals surface area contributed by atoms with Crippen LogP contribution in [0.2, 0.25) is 0 Å². The Labute approximate surface area is 147 Å². The minimum atomic E-state index is -0.145. The number of unbranched alkanes of at least 4 members (excludes halogenated alkanes) is 1. The summed E-state index contributed by atoms with van der Waals surface area (Å²) in [6.45, 7) is 3.79. The summed E-state index contributed by atoms with van der Waals surface area (Å²) < 4.78 is 10.6. The quantitative estimate of drug-likeness (QED) is 0.839. The van der Waals surface area contributed by atoms with Crippen LogP contribution in [-0.2, 0) is 6.54 Å². The van der Waals surface area contributed by atoms with Gasteiger partial charge in [0, 0.05) is 26.3 Å². The van der Waals surface area contributed by atoms with Crippen LogP contribution in [0, 0.1) is 0 Å². The molecule has 132 valence electrons. The largest absolute Gasteiger partial charge is 0.454 e. The Balaban J connectivity index is 1.56. The number of amides is 1. The fourth-order valence-corrected chi connectivity index (χ4v) is 2.59. The first kappa shape index (κ1) is 17.1. The summed E-state index contributed by atoms with van der Waals surface area (Å²) in [6, 6.07) is 9.34. The summed E-state index contributed by atoms with van der Waals surface area (Å²) in [5.41, 5.74) is 1.51. The van der Waals surface area contributed by atoms with Gasteiger partial charge in [0.15, 0.2) is 11.5 Å². The number of fused-ring (bicyclic) bond motifs is 1. The highest BCUT2D eigenvalue weighted by molar-refractivity contribution is 5.94. The number of hydrogen-bond acceptors (Lipinski definition) is 5. The molecule has 6 heteroatoms. The number of carbonyl (C=O) groups excluding carboxylic acids is 1. The molecule has 0 saturated carbocycles. The van der Waals surface area contributed by atoms with Crippen molar-refractivity contribution in [3.05, 3.63) is 47.7 Å². The van der Waals surface area contributed by atoms with E-state index in [1.54, 1.807) is 12.3 Å². The number of ether oxygens (including phenoxy) is 2. The number of anilines is 1. The first-order valence-electron chi connectivity index (χ1n) is 8.51. The molecule has 6 nitrogen and oxygen atoms in total. The van der Waals surface area contributed by atoms with Gasteiger partial charge in [-0.25, -0.2) is 4.98 Å². The van der Waals surface area contributed by atoms with E-state index in [0.717, 1.165) is 36.5 Å². The highest BCUT2D eigenvalue weighted by atomic mass is 16.7. The number of rotatable bonds is 7. The van der Waals surface area contributed by atoms with Gasteiger partial charge in [-0.2, -0.15) is 0 Å². The van der Waals surface area contributed by atoms with Gasteiger partial charge in [-0.3, -0.25) is 4.79 Å². The Morgan fingerprint density at radius 1 is 1.24 bits per heavy atom. The van der Waals surface area contributed by atoms with Crippen molar-refractivity contribution in [2.45, 2.75) is 26.3 Å². The molecule has 0 unspecified atom stereocenters. The molecule has 1 N–H and O–H groups in total. The minimum Gasteiger partial charge on any atom is -0.454 e. The molecule has 25 heavy (non-hydrogen) atoms. The van der Waals surface area contributed by atoms with Crippen molar-refractivity contribution in [2.75, 3.05) is 25.3 Å². The zero-order chi connectivity index (χ0) is 17.6. The van der Waals surface area contributed by atoms with E-state index < -0.39 is 0 Å². The maximum atomic E-state index is 12.3. The van der Waals surface area contributed by atoms with Crippen LogP contribution < -0.4 is 19.7 Å². The van der Waals surface area contributed by atoms with Crippen molar-refractivity contribution in [2.24, 2.45) is 0 Å². The third-order valence-electron chi connectivity index (χ3n) is 4.14. The van der Waals surface area contributed by atoms with Crippen LogP contribution >= 0.6 is 0 Å². The van der Waals surface area contributed by atoms with Crippen molar-refractivity contribution in [3.8, 4) is 11.5 Å². The van der Waals surface area contributed by atoms with E-state index in [0.29, 0.717) is 17.9 Å². The summed E-state index contributed by atoms with van der Waals surface area (Å²) in [6.07, 6.45) is 3.88. The normalized spacial score (nSPS) is 12.1. The molecule has 1 amide bonds. The number of nitrogens with zero attached hydrogens (tertiary/aromatic N) is 2. The fraction of sp³-hybridized carbons (Fsp3) is 0.368. The monoisotopic (exact) mass is 341 g/mol. The highest BCUT2D eigenvalue weighted by Gasteiger charge is 2.14. The fourth-order valence-electron chi connectivity index (χ4n) is 2.59. The number of carbonyl (C=O) groups is 1. The van der Waals surface area contributed by atoms with E-state index in [1.165, 1.54) is 0 Å². The van der Waals surface area contributed by atoms with Crippen molar-refractivity contribution < 1.29 is 14.3 Å². The van der Waals surface area contributed by atoms with Crippen LogP contribution in [0.1, 0.15) is 35.7 Å². The van der Waals surface area contributed by atoms with Gasteiger partial charge < -0.3 is 19.7 Å². The summed E-state index contributed by atoms with van der Waals surface area (Å²) in [5.74, 6) is 2.18. The van der Waals surface area contributed by atoms with Gasteiger partial charge in [-0.05, 0) is 36.2 Å². The second kappa shape index (κ2) is 7.88. The van der Waals surface area contributed by atoms with Gasteiger partial charge in [-0.1, -0.05) is 19.4 Å². The zero-order valence-electron chi connectivity index (χ0n) is 14.6. The Bertz CT molecular complexity index is 731. The lowest BCUT2D eigenvalue weighted by molar-refractivity contribution is 0.0950. The number of hydrogen-bond donors (Lipinski definition) is 1. The standard InChI is InChI=1S/C19H23N3O3/c1-3-4-9-22(2)18-8-6-15(12-20-18)19(23)21-11-14-5-7-16-17(10-14)25-13-24-16/h5-8,10,12H,3-4,9,11,13H2,1-2H3,(H,21,23). The van der Waals surface area contributed by atoms with Crippen molar-refractivity contribution in [1.82, 2.24) is 10.3 Å². The number of pyridine rings is 1. The SMILES string of the molecule is CCCCN(C)c1ccc(C(=O)NCc2ccc3c(c2)OCO3)cn1. The summed E-state index contributed by atoms with van der Waals surface area (Å²) in [5, 5.41) is 2.90. The maximum Gasteiger partial charge on any atom is 0.253 e. The minimum absolute atomic E-state index is 0.145. The third-order valence-corrected chi connectivity index (χ3v) is 4.14.